The molecule has 1 aromatic rings. The van der Waals surface area contributed by atoms with Crippen molar-refractivity contribution in [3.8, 4) is 0 Å². The summed E-state index contributed by atoms with van der Waals surface area (Å²) >= 11 is 0. The number of hydrogen-bond donors (Lipinski definition) is 2. The molecular formula is C20H30N2O2. The number of hydrogen-bond acceptors (Lipinski definition) is 3. The van der Waals surface area contributed by atoms with Crippen LogP contribution in [0.1, 0.15) is 63.4 Å². The van der Waals surface area contributed by atoms with Crippen LogP contribution in [0.4, 0.5) is 0 Å². The number of carbonyl (C=O) groups excluding carboxylic acids is 1. The van der Waals surface area contributed by atoms with Crippen LogP contribution in [0.3, 0.4) is 0 Å². The van der Waals surface area contributed by atoms with Crippen molar-refractivity contribution in [1.29, 1.82) is 5.41 Å². The van der Waals surface area contributed by atoms with Gasteiger partial charge in [0.1, 0.15) is 0 Å². The molecule has 0 heterocycles. The van der Waals surface area contributed by atoms with Crippen molar-refractivity contribution in [2.45, 2.75) is 63.9 Å². The molecule has 24 heavy (non-hydrogen) atoms. The first-order valence-corrected chi connectivity index (χ1v) is 9.17. The number of benzene rings is 1. The fourth-order valence-electron chi connectivity index (χ4n) is 3.47. The summed E-state index contributed by atoms with van der Waals surface area (Å²) in [6.07, 6.45) is 8.57. The van der Waals surface area contributed by atoms with Crippen LogP contribution < -0.4 is 5.32 Å². The molecule has 0 spiro atoms. The minimum absolute atomic E-state index is 0.0999. The zero-order valence-electron chi connectivity index (χ0n) is 14.7. The Morgan fingerprint density at radius 2 is 2.00 bits per heavy atom. The molecule has 132 valence electrons. The molecule has 2 N–H and O–H groups in total. The quantitative estimate of drug-likeness (QED) is 0.525. The summed E-state index contributed by atoms with van der Waals surface area (Å²) in [6.45, 7) is 2.69. The lowest BCUT2D eigenvalue weighted by atomic mass is 9.85. The number of rotatable bonds is 9. The standard InChI is InChI=1S/C20H30N2O2/c1-16(18-10-6-3-7-11-18)14-22-20(23)19(24-15-21)13-12-17-8-4-2-5-9-17/h3,6-7,10-11,15-17,19,21H,2,4-5,8-9,12-14H2,1H3,(H,22,23). The van der Waals surface area contributed by atoms with Gasteiger partial charge in [-0.15, -0.1) is 0 Å². The van der Waals surface area contributed by atoms with E-state index in [0.29, 0.717) is 18.9 Å². The van der Waals surface area contributed by atoms with Crippen molar-refractivity contribution >= 4 is 12.3 Å². The molecule has 0 saturated heterocycles. The van der Waals surface area contributed by atoms with Gasteiger partial charge in [-0.1, -0.05) is 69.4 Å². The van der Waals surface area contributed by atoms with E-state index < -0.39 is 6.10 Å². The van der Waals surface area contributed by atoms with Crippen molar-refractivity contribution < 1.29 is 9.53 Å². The zero-order chi connectivity index (χ0) is 17.2. The molecule has 2 atom stereocenters. The molecule has 4 heteroatoms. The monoisotopic (exact) mass is 330 g/mol. The Kier molecular flexibility index (Phi) is 7.80. The smallest absolute Gasteiger partial charge is 0.261 e. The minimum atomic E-state index is -0.535. The van der Waals surface area contributed by atoms with E-state index >= 15 is 0 Å². The third-order valence-corrected chi connectivity index (χ3v) is 5.04. The van der Waals surface area contributed by atoms with E-state index in [2.05, 4.69) is 24.4 Å². The molecule has 2 unspecified atom stereocenters. The number of nitrogens with one attached hydrogen (secondary N) is 2. The SMILES string of the molecule is CC(CNC(=O)C(CCC1CCCCC1)OC=N)c1ccccc1. The lowest BCUT2D eigenvalue weighted by molar-refractivity contribution is -0.128. The maximum atomic E-state index is 12.4. The van der Waals surface area contributed by atoms with E-state index in [9.17, 15) is 4.79 Å². The molecule has 0 bridgehead atoms. The summed E-state index contributed by atoms with van der Waals surface area (Å²) in [6, 6.07) is 10.2. The van der Waals surface area contributed by atoms with E-state index in [4.69, 9.17) is 10.1 Å². The summed E-state index contributed by atoms with van der Waals surface area (Å²) in [5.41, 5.74) is 1.21. The van der Waals surface area contributed by atoms with Crippen molar-refractivity contribution in [3.63, 3.8) is 0 Å². The van der Waals surface area contributed by atoms with Gasteiger partial charge in [-0.3, -0.25) is 10.2 Å². The van der Waals surface area contributed by atoms with Crippen LogP contribution in [0.2, 0.25) is 0 Å². The molecule has 1 aliphatic rings. The Balaban J connectivity index is 1.78. The molecule has 1 saturated carbocycles. The summed E-state index contributed by atoms with van der Waals surface area (Å²) < 4.78 is 5.26. The lowest BCUT2D eigenvalue weighted by Gasteiger charge is -2.24. The van der Waals surface area contributed by atoms with Gasteiger partial charge in [-0.25, -0.2) is 0 Å². The summed E-state index contributed by atoms with van der Waals surface area (Å²) in [4.78, 5) is 12.4. The topological polar surface area (TPSA) is 62.2 Å². The van der Waals surface area contributed by atoms with Crippen LogP contribution in [-0.2, 0) is 9.53 Å². The van der Waals surface area contributed by atoms with Crippen LogP contribution in [0.25, 0.3) is 0 Å². The second kappa shape index (κ2) is 10.1. The van der Waals surface area contributed by atoms with E-state index in [-0.39, 0.29) is 11.8 Å². The first kappa shape index (κ1) is 18.5. The van der Waals surface area contributed by atoms with Gasteiger partial charge in [0.15, 0.2) is 12.5 Å². The number of carbonyl (C=O) groups is 1. The summed E-state index contributed by atoms with van der Waals surface area (Å²) in [5, 5.41) is 10.2. The van der Waals surface area contributed by atoms with Crippen molar-refractivity contribution in [1.82, 2.24) is 5.32 Å². The normalized spacial score (nSPS) is 17.7. The average molecular weight is 330 g/mol. The molecule has 1 amide bonds. The Morgan fingerprint density at radius 3 is 2.67 bits per heavy atom. The Morgan fingerprint density at radius 1 is 1.29 bits per heavy atom. The van der Waals surface area contributed by atoms with Gasteiger partial charge in [0, 0.05) is 6.54 Å². The lowest BCUT2D eigenvalue weighted by Crippen LogP contribution is -2.38. The molecule has 1 fully saturated rings. The third-order valence-electron chi connectivity index (χ3n) is 5.04. The van der Waals surface area contributed by atoms with E-state index in [1.54, 1.807) is 0 Å². The van der Waals surface area contributed by atoms with E-state index in [1.807, 2.05) is 18.2 Å². The molecule has 1 aliphatic carbocycles. The Hall–Kier alpha value is -1.84. The number of ether oxygens (including phenoxy) is 1. The first-order chi connectivity index (χ1) is 11.7. The largest absolute Gasteiger partial charge is 0.471 e. The highest BCUT2D eigenvalue weighted by molar-refractivity contribution is 5.81. The van der Waals surface area contributed by atoms with Crippen LogP contribution in [0.5, 0.6) is 0 Å². The molecule has 2 rings (SSSR count). The highest BCUT2D eigenvalue weighted by Crippen LogP contribution is 2.28. The van der Waals surface area contributed by atoms with Crippen LogP contribution >= 0.6 is 0 Å². The molecule has 0 aliphatic heterocycles. The Labute approximate surface area is 145 Å². The zero-order valence-corrected chi connectivity index (χ0v) is 14.7. The molecule has 0 aromatic heterocycles. The minimum Gasteiger partial charge on any atom is -0.471 e. The van der Waals surface area contributed by atoms with Gasteiger partial charge in [-0.2, -0.15) is 0 Å². The van der Waals surface area contributed by atoms with E-state index in [1.165, 1.54) is 37.7 Å². The second-order valence-corrected chi connectivity index (χ2v) is 6.88. The highest BCUT2D eigenvalue weighted by atomic mass is 16.5. The van der Waals surface area contributed by atoms with Crippen molar-refractivity contribution in [2.75, 3.05) is 6.54 Å². The van der Waals surface area contributed by atoms with Crippen LogP contribution in [-0.4, -0.2) is 25.0 Å². The highest BCUT2D eigenvalue weighted by Gasteiger charge is 2.22. The Bertz CT molecular complexity index is 498. The van der Waals surface area contributed by atoms with Gasteiger partial charge in [0.05, 0.1) is 0 Å². The predicted octanol–water partition coefficient (Wildman–Crippen LogP) is 4.26. The molecular weight excluding hydrogens is 300 g/mol. The van der Waals surface area contributed by atoms with Crippen molar-refractivity contribution in [2.24, 2.45) is 5.92 Å². The fraction of sp³-hybridized carbons (Fsp3) is 0.600. The van der Waals surface area contributed by atoms with Gasteiger partial charge in [0.25, 0.3) is 5.91 Å². The summed E-state index contributed by atoms with van der Waals surface area (Å²) in [7, 11) is 0. The molecule has 4 nitrogen and oxygen atoms in total. The van der Waals surface area contributed by atoms with Gasteiger partial charge >= 0.3 is 0 Å². The first-order valence-electron chi connectivity index (χ1n) is 9.17. The molecule has 0 radical (unpaired) electrons. The van der Waals surface area contributed by atoms with Gasteiger partial charge in [0.2, 0.25) is 0 Å². The van der Waals surface area contributed by atoms with Crippen molar-refractivity contribution in [3.05, 3.63) is 35.9 Å². The van der Waals surface area contributed by atoms with Gasteiger partial charge < -0.3 is 10.1 Å². The molecule has 1 aromatic carbocycles. The fourth-order valence-corrected chi connectivity index (χ4v) is 3.47. The predicted molar refractivity (Wildman–Crippen MR) is 97.3 cm³/mol. The maximum Gasteiger partial charge on any atom is 0.261 e. The summed E-state index contributed by atoms with van der Waals surface area (Å²) in [5.74, 6) is 0.873. The van der Waals surface area contributed by atoms with E-state index in [0.717, 1.165) is 12.8 Å². The van der Waals surface area contributed by atoms with Gasteiger partial charge in [-0.05, 0) is 30.2 Å². The number of amides is 1. The average Bonchev–Trinajstić information content (AvgIpc) is 2.64. The maximum absolute atomic E-state index is 12.4. The van der Waals surface area contributed by atoms with Crippen LogP contribution in [0, 0.1) is 11.3 Å². The second-order valence-electron chi connectivity index (χ2n) is 6.88. The van der Waals surface area contributed by atoms with Crippen LogP contribution in [0.15, 0.2) is 30.3 Å². The third kappa shape index (κ3) is 5.99.